The van der Waals surface area contributed by atoms with Gasteiger partial charge < -0.3 is 10.3 Å². The Morgan fingerprint density at radius 1 is 1.53 bits per heavy atom. The Morgan fingerprint density at radius 3 is 2.82 bits per heavy atom. The van der Waals surface area contributed by atoms with E-state index in [0.29, 0.717) is 18.3 Å². The van der Waals surface area contributed by atoms with Gasteiger partial charge in [-0.3, -0.25) is 0 Å². The minimum atomic E-state index is -3.14. The van der Waals surface area contributed by atoms with Gasteiger partial charge in [-0.1, -0.05) is 0 Å². The molecular weight excluding hydrogens is 240 g/mol. The second kappa shape index (κ2) is 4.38. The highest BCUT2D eigenvalue weighted by molar-refractivity contribution is 7.90. The van der Waals surface area contributed by atoms with Crippen LogP contribution in [0.3, 0.4) is 0 Å². The molecule has 2 rings (SSSR count). The zero-order chi connectivity index (χ0) is 12.6. The molecule has 0 saturated heterocycles. The van der Waals surface area contributed by atoms with Crippen molar-refractivity contribution in [3.63, 3.8) is 0 Å². The summed E-state index contributed by atoms with van der Waals surface area (Å²) in [7, 11) is -3.14. The lowest BCUT2D eigenvalue weighted by atomic mass is 9.99. The summed E-state index contributed by atoms with van der Waals surface area (Å²) in [5.74, 6) is 1.81. The predicted octanol–water partition coefficient (Wildman–Crippen LogP) is -0.0952. The predicted molar refractivity (Wildman–Crippen MR) is 64.1 cm³/mol. The first-order chi connectivity index (χ1) is 7.93. The zero-order valence-electron chi connectivity index (χ0n) is 10.1. The molecule has 0 spiro atoms. The minimum absolute atomic E-state index is 0.393. The molecule has 6 nitrogen and oxygen atoms in total. The van der Waals surface area contributed by atoms with Crippen LogP contribution in [-0.2, 0) is 22.8 Å². The van der Waals surface area contributed by atoms with Crippen molar-refractivity contribution in [1.82, 2.24) is 14.8 Å². The average molecular weight is 258 g/mol. The highest BCUT2D eigenvalue weighted by atomic mass is 32.2. The van der Waals surface area contributed by atoms with Crippen molar-refractivity contribution in [1.29, 1.82) is 0 Å². The van der Waals surface area contributed by atoms with Crippen LogP contribution in [0.4, 0.5) is 0 Å². The summed E-state index contributed by atoms with van der Waals surface area (Å²) in [6.45, 7) is 3.00. The van der Waals surface area contributed by atoms with Crippen molar-refractivity contribution in [3.05, 3.63) is 11.6 Å². The standard InChI is InChI=1S/C10H18N4O2S/c1-7(17(2,15)16)10-13-12-9-4-3-8(5-11)6-14(9)10/h7-8H,3-6,11H2,1-2H3. The van der Waals surface area contributed by atoms with Crippen LogP contribution in [0.25, 0.3) is 0 Å². The Bertz CT molecular complexity index is 508. The molecule has 2 heterocycles. The molecule has 2 atom stereocenters. The summed E-state index contributed by atoms with van der Waals surface area (Å²) >= 11 is 0. The summed E-state index contributed by atoms with van der Waals surface area (Å²) in [6.07, 6.45) is 3.05. The molecule has 96 valence electrons. The van der Waals surface area contributed by atoms with E-state index in [0.717, 1.165) is 25.2 Å². The van der Waals surface area contributed by atoms with Crippen LogP contribution in [0.2, 0.25) is 0 Å². The number of nitrogens with zero attached hydrogens (tertiary/aromatic N) is 3. The molecule has 0 saturated carbocycles. The number of aromatic nitrogens is 3. The van der Waals surface area contributed by atoms with E-state index in [1.165, 1.54) is 6.26 Å². The third kappa shape index (κ3) is 2.35. The molecule has 7 heteroatoms. The van der Waals surface area contributed by atoms with Crippen molar-refractivity contribution >= 4 is 9.84 Å². The van der Waals surface area contributed by atoms with Crippen molar-refractivity contribution in [2.45, 2.75) is 31.6 Å². The Hall–Kier alpha value is -0.950. The number of fused-ring (bicyclic) bond motifs is 1. The molecule has 0 bridgehead atoms. The van der Waals surface area contributed by atoms with Crippen LogP contribution in [0.5, 0.6) is 0 Å². The van der Waals surface area contributed by atoms with Gasteiger partial charge in [0.05, 0.1) is 0 Å². The lowest BCUT2D eigenvalue weighted by Crippen LogP contribution is -2.28. The van der Waals surface area contributed by atoms with E-state index in [1.54, 1.807) is 6.92 Å². The second-order valence-electron chi connectivity index (χ2n) is 4.70. The molecule has 0 fully saturated rings. The average Bonchev–Trinajstić information content (AvgIpc) is 2.69. The fourth-order valence-corrected chi connectivity index (χ4v) is 2.66. The van der Waals surface area contributed by atoms with Gasteiger partial charge in [-0.2, -0.15) is 0 Å². The molecule has 17 heavy (non-hydrogen) atoms. The normalized spacial score (nSPS) is 22.2. The van der Waals surface area contributed by atoms with Crippen LogP contribution >= 0.6 is 0 Å². The molecule has 0 aromatic carbocycles. The third-order valence-corrected chi connectivity index (χ3v) is 4.91. The quantitative estimate of drug-likeness (QED) is 0.818. The van der Waals surface area contributed by atoms with Gasteiger partial charge in [-0.15, -0.1) is 10.2 Å². The summed E-state index contributed by atoms with van der Waals surface area (Å²) in [4.78, 5) is 0. The molecule has 0 radical (unpaired) electrons. The molecule has 1 aromatic rings. The molecule has 0 amide bonds. The topological polar surface area (TPSA) is 90.9 Å². The Labute approximate surface area is 101 Å². The highest BCUT2D eigenvalue weighted by Gasteiger charge is 2.28. The zero-order valence-corrected chi connectivity index (χ0v) is 10.9. The molecule has 0 aliphatic carbocycles. The van der Waals surface area contributed by atoms with Gasteiger partial charge in [-0.05, 0) is 25.8 Å². The van der Waals surface area contributed by atoms with Crippen LogP contribution in [0, 0.1) is 5.92 Å². The number of sulfone groups is 1. The van der Waals surface area contributed by atoms with Crippen LogP contribution in [0.15, 0.2) is 0 Å². The third-order valence-electron chi connectivity index (χ3n) is 3.41. The van der Waals surface area contributed by atoms with Crippen molar-refractivity contribution in [2.75, 3.05) is 12.8 Å². The summed E-state index contributed by atoms with van der Waals surface area (Å²) in [6, 6.07) is 0. The lowest BCUT2D eigenvalue weighted by molar-refractivity contribution is 0.366. The summed E-state index contributed by atoms with van der Waals surface area (Å²) in [5.41, 5.74) is 5.67. The number of rotatable bonds is 3. The summed E-state index contributed by atoms with van der Waals surface area (Å²) < 4.78 is 25.0. The van der Waals surface area contributed by atoms with Crippen LogP contribution in [-0.4, -0.2) is 36.0 Å². The number of hydrogen-bond acceptors (Lipinski definition) is 5. The van der Waals surface area contributed by atoms with Crippen molar-refractivity contribution < 1.29 is 8.42 Å². The molecule has 1 aliphatic rings. The fraction of sp³-hybridized carbons (Fsp3) is 0.800. The Balaban J connectivity index is 2.36. The van der Waals surface area contributed by atoms with E-state index in [2.05, 4.69) is 10.2 Å². The smallest absolute Gasteiger partial charge is 0.157 e. The van der Waals surface area contributed by atoms with Gasteiger partial charge in [0.15, 0.2) is 15.7 Å². The SMILES string of the molecule is CC(c1nnc2n1CC(CN)CC2)S(C)(=O)=O. The maximum absolute atomic E-state index is 11.6. The van der Waals surface area contributed by atoms with Gasteiger partial charge in [-0.25, -0.2) is 8.42 Å². The molecule has 1 aliphatic heterocycles. The van der Waals surface area contributed by atoms with Gasteiger partial charge in [0.2, 0.25) is 0 Å². The largest absolute Gasteiger partial charge is 0.330 e. The monoisotopic (exact) mass is 258 g/mol. The first kappa shape index (κ1) is 12.5. The molecular formula is C10H18N4O2S. The molecule has 1 aromatic heterocycles. The van der Waals surface area contributed by atoms with Crippen LogP contribution < -0.4 is 5.73 Å². The van der Waals surface area contributed by atoms with Crippen LogP contribution in [0.1, 0.15) is 30.2 Å². The van der Waals surface area contributed by atoms with Crippen molar-refractivity contribution in [2.24, 2.45) is 11.7 Å². The Morgan fingerprint density at radius 2 is 2.24 bits per heavy atom. The first-order valence-corrected chi connectivity index (χ1v) is 7.70. The van der Waals surface area contributed by atoms with E-state index < -0.39 is 15.1 Å². The Kier molecular flexibility index (Phi) is 3.22. The maximum atomic E-state index is 11.6. The van der Waals surface area contributed by atoms with Gasteiger partial charge in [0.25, 0.3) is 0 Å². The number of aryl methyl sites for hydroxylation is 1. The highest BCUT2D eigenvalue weighted by Crippen LogP contribution is 2.25. The van der Waals surface area contributed by atoms with Gasteiger partial charge in [0.1, 0.15) is 11.1 Å². The molecule has 2 N–H and O–H groups in total. The molecule has 2 unspecified atom stereocenters. The van der Waals surface area contributed by atoms with E-state index >= 15 is 0 Å². The van der Waals surface area contributed by atoms with Gasteiger partial charge in [0, 0.05) is 19.2 Å². The maximum Gasteiger partial charge on any atom is 0.157 e. The summed E-state index contributed by atoms with van der Waals surface area (Å²) in [5, 5.41) is 7.48. The minimum Gasteiger partial charge on any atom is -0.330 e. The first-order valence-electron chi connectivity index (χ1n) is 5.74. The van der Waals surface area contributed by atoms with E-state index in [1.807, 2.05) is 4.57 Å². The number of nitrogens with two attached hydrogens (primary N) is 1. The fourth-order valence-electron chi connectivity index (χ4n) is 2.10. The number of hydrogen-bond donors (Lipinski definition) is 1. The van der Waals surface area contributed by atoms with E-state index in [9.17, 15) is 8.42 Å². The van der Waals surface area contributed by atoms with E-state index in [4.69, 9.17) is 5.73 Å². The second-order valence-corrected chi connectivity index (χ2v) is 7.06. The van der Waals surface area contributed by atoms with Crippen molar-refractivity contribution in [3.8, 4) is 0 Å². The lowest BCUT2D eigenvalue weighted by Gasteiger charge is -2.23. The van der Waals surface area contributed by atoms with E-state index in [-0.39, 0.29) is 0 Å². The van der Waals surface area contributed by atoms with Gasteiger partial charge >= 0.3 is 0 Å².